The maximum atomic E-state index is 2.82. The van der Waals surface area contributed by atoms with E-state index in [4.69, 9.17) is 0 Å². The summed E-state index contributed by atoms with van der Waals surface area (Å²) in [4.78, 5) is 2.48. The predicted molar refractivity (Wildman–Crippen MR) is 67.1 cm³/mol. The molecule has 88 valence electrons. The van der Waals surface area contributed by atoms with E-state index in [-0.39, 0.29) is 9.84 Å². The first-order chi connectivity index (χ1) is 7.24. The Labute approximate surface area is 96.4 Å². The monoisotopic (exact) mass is 227 g/mol. The van der Waals surface area contributed by atoms with Crippen LogP contribution in [0.2, 0.25) is 0 Å². The first kappa shape index (κ1) is 11.6. The molecule has 4 heteroatoms. The molecule has 1 saturated heterocycles. The third-order valence-corrected chi connectivity index (χ3v) is 5.96. The summed E-state index contributed by atoms with van der Waals surface area (Å²) in [7, 11) is 4.47. The molecule has 3 nitrogen and oxygen atoms in total. The minimum absolute atomic E-state index is 0.0761. The van der Waals surface area contributed by atoms with Gasteiger partial charge in [0, 0.05) is 6.04 Å². The highest BCUT2D eigenvalue weighted by molar-refractivity contribution is 6.32. The van der Waals surface area contributed by atoms with Crippen molar-refractivity contribution in [3.8, 4) is 0 Å². The van der Waals surface area contributed by atoms with Crippen LogP contribution in [0.4, 0.5) is 0 Å². The zero-order chi connectivity index (χ0) is 10.8. The van der Waals surface area contributed by atoms with Gasteiger partial charge in [0.05, 0.1) is 0 Å². The first-order valence-electron chi connectivity index (χ1n) is 6.40. The fourth-order valence-electron chi connectivity index (χ4n) is 3.03. The molecule has 0 amide bonds. The van der Waals surface area contributed by atoms with Crippen molar-refractivity contribution in [3.05, 3.63) is 0 Å². The zero-order valence-corrected chi connectivity index (χ0v) is 11.9. The summed E-state index contributed by atoms with van der Waals surface area (Å²) in [6.07, 6.45) is 7.92. The molecule has 1 aliphatic carbocycles. The Morgan fingerprint density at radius 1 is 1.27 bits per heavy atom. The standard InChI is InChI=1S/C11H25N3Si/c1-4-12(2)11-13(3)15-14(11)10-8-6-5-7-9-10/h10-11H,4-9,15H2,1-3H3. The Hall–Kier alpha value is 0.0969. The van der Waals surface area contributed by atoms with Crippen molar-refractivity contribution in [2.75, 3.05) is 20.6 Å². The molecule has 1 aliphatic heterocycles. The van der Waals surface area contributed by atoms with Gasteiger partial charge in [-0.1, -0.05) is 26.2 Å². The fourth-order valence-corrected chi connectivity index (χ4v) is 5.17. The molecule has 0 aromatic rings. The zero-order valence-electron chi connectivity index (χ0n) is 10.4. The Bertz CT molecular complexity index is 206. The normalized spacial score (nSPS) is 32.4. The third kappa shape index (κ3) is 2.28. The van der Waals surface area contributed by atoms with Crippen molar-refractivity contribution >= 4 is 9.84 Å². The molecule has 0 spiro atoms. The third-order valence-electron chi connectivity index (χ3n) is 4.01. The summed E-state index contributed by atoms with van der Waals surface area (Å²) in [6.45, 7) is 3.42. The van der Waals surface area contributed by atoms with Crippen molar-refractivity contribution in [2.24, 2.45) is 0 Å². The highest BCUT2D eigenvalue weighted by atomic mass is 28.2. The van der Waals surface area contributed by atoms with Crippen LogP contribution < -0.4 is 0 Å². The fraction of sp³-hybridized carbons (Fsp3) is 1.00. The second-order valence-corrected chi connectivity index (χ2v) is 7.13. The first-order valence-corrected chi connectivity index (χ1v) is 7.66. The number of hydrogen-bond donors (Lipinski definition) is 0. The van der Waals surface area contributed by atoms with E-state index in [1.54, 1.807) is 0 Å². The van der Waals surface area contributed by atoms with E-state index in [0.29, 0.717) is 6.29 Å². The summed E-state index contributed by atoms with van der Waals surface area (Å²) in [5.74, 6) is 0. The van der Waals surface area contributed by atoms with Crippen LogP contribution in [0.15, 0.2) is 0 Å². The SMILES string of the molecule is CCN(C)C1N(C)[SiH2]N1C1CCCCC1. The van der Waals surface area contributed by atoms with Gasteiger partial charge in [-0.2, -0.15) is 0 Å². The van der Waals surface area contributed by atoms with E-state index >= 15 is 0 Å². The van der Waals surface area contributed by atoms with E-state index in [1.165, 1.54) is 32.1 Å². The molecule has 0 aromatic carbocycles. The lowest BCUT2D eigenvalue weighted by Crippen LogP contribution is -2.73. The summed E-state index contributed by atoms with van der Waals surface area (Å²) in [5, 5.41) is 0. The van der Waals surface area contributed by atoms with Gasteiger partial charge in [-0.05, 0) is 33.5 Å². The van der Waals surface area contributed by atoms with Crippen LogP contribution in [-0.4, -0.2) is 56.8 Å². The molecule has 2 rings (SSSR count). The van der Waals surface area contributed by atoms with Gasteiger partial charge in [0.1, 0.15) is 6.29 Å². The molecule has 1 saturated carbocycles. The smallest absolute Gasteiger partial charge is 0.177 e. The van der Waals surface area contributed by atoms with Gasteiger partial charge in [-0.15, -0.1) is 0 Å². The molecule has 15 heavy (non-hydrogen) atoms. The molecule has 0 N–H and O–H groups in total. The van der Waals surface area contributed by atoms with Crippen molar-refractivity contribution in [2.45, 2.75) is 51.4 Å². The molecule has 1 heterocycles. The summed E-state index contributed by atoms with van der Waals surface area (Å²) in [6, 6.07) is 0.917. The van der Waals surface area contributed by atoms with Gasteiger partial charge < -0.3 is 0 Å². The van der Waals surface area contributed by atoms with E-state index in [2.05, 4.69) is 35.0 Å². The highest BCUT2D eigenvalue weighted by Crippen LogP contribution is 2.29. The summed E-state index contributed by atoms with van der Waals surface area (Å²) < 4.78 is 5.40. The van der Waals surface area contributed by atoms with Gasteiger partial charge in [-0.25, -0.2) is 0 Å². The molecule has 1 atom stereocenters. The molecular formula is C11H25N3Si. The van der Waals surface area contributed by atoms with E-state index < -0.39 is 0 Å². The van der Waals surface area contributed by atoms with Crippen molar-refractivity contribution < 1.29 is 0 Å². The lowest BCUT2D eigenvalue weighted by atomic mass is 9.95. The maximum absolute atomic E-state index is 2.82. The predicted octanol–water partition coefficient (Wildman–Crippen LogP) is 0.801. The Morgan fingerprint density at radius 3 is 2.47 bits per heavy atom. The molecule has 0 aromatic heterocycles. The lowest BCUT2D eigenvalue weighted by Gasteiger charge is -2.56. The second kappa shape index (κ2) is 4.95. The molecular weight excluding hydrogens is 202 g/mol. The van der Waals surface area contributed by atoms with E-state index in [1.807, 2.05) is 0 Å². The van der Waals surface area contributed by atoms with Crippen LogP contribution in [-0.2, 0) is 0 Å². The maximum Gasteiger partial charge on any atom is 0.177 e. The number of nitrogens with zero attached hydrogens (tertiary/aromatic N) is 3. The Balaban J connectivity index is 1.91. The van der Waals surface area contributed by atoms with Gasteiger partial charge in [0.25, 0.3) is 0 Å². The van der Waals surface area contributed by atoms with Crippen LogP contribution in [0.25, 0.3) is 0 Å². The number of rotatable bonds is 3. The van der Waals surface area contributed by atoms with Crippen molar-refractivity contribution in [1.82, 2.24) is 14.0 Å². The Kier molecular flexibility index (Phi) is 3.82. The van der Waals surface area contributed by atoms with Crippen LogP contribution in [0.5, 0.6) is 0 Å². The van der Waals surface area contributed by atoms with E-state index in [9.17, 15) is 0 Å². The van der Waals surface area contributed by atoms with Crippen LogP contribution >= 0.6 is 0 Å². The summed E-state index contributed by atoms with van der Waals surface area (Å²) >= 11 is 0. The topological polar surface area (TPSA) is 9.72 Å². The summed E-state index contributed by atoms with van der Waals surface area (Å²) in [5.41, 5.74) is 0. The van der Waals surface area contributed by atoms with Crippen LogP contribution in [0.1, 0.15) is 39.0 Å². The second-order valence-electron chi connectivity index (χ2n) is 5.12. The van der Waals surface area contributed by atoms with Gasteiger partial charge in [0.15, 0.2) is 9.84 Å². The average molecular weight is 227 g/mol. The molecule has 2 fully saturated rings. The molecule has 2 aliphatic rings. The van der Waals surface area contributed by atoms with Gasteiger partial charge in [0.2, 0.25) is 0 Å². The van der Waals surface area contributed by atoms with Crippen molar-refractivity contribution in [1.29, 1.82) is 0 Å². The van der Waals surface area contributed by atoms with Gasteiger partial charge >= 0.3 is 0 Å². The van der Waals surface area contributed by atoms with Gasteiger partial charge in [-0.3, -0.25) is 14.0 Å². The molecule has 0 bridgehead atoms. The largest absolute Gasteiger partial charge is 0.292 e. The quantitative estimate of drug-likeness (QED) is 0.661. The minimum atomic E-state index is -0.0761. The van der Waals surface area contributed by atoms with Crippen molar-refractivity contribution in [3.63, 3.8) is 0 Å². The Morgan fingerprint density at radius 2 is 1.93 bits per heavy atom. The number of hydrogen-bond acceptors (Lipinski definition) is 3. The highest BCUT2D eigenvalue weighted by Gasteiger charge is 2.40. The minimum Gasteiger partial charge on any atom is -0.292 e. The van der Waals surface area contributed by atoms with Crippen LogP contribution in [0, 0.1) is 0 Å². The van der Waals surface area contributed by atoms with E-state index in [0.717, 1.165) is 12.6 Å². The lowest BCUT2D eigenvalue weighted by molar-refractivity contribution is -0.0423. The average Bonchev–Trinajstić information content (AvgIpc) is 2.26. The molecule has 0 radical (unpaired) electrons. The molecule has 1 unspecified atom stereocenters. The van der Waals surface area contributed by atoms with Crippen LogP contribution in [0.3, 0.4) is 0 Å².